The second-order valence-corrected chi connectivity index (χ2v) is 10.7. The van der Waals surface area contributed by atoms with Crippen molar-refractivity contribution in [2.24, 2.45) is 11.8 Å². The summed E-state index contributed by atoms with van der Waals surface area (Å²) in [6, 6.07) is 17.7. The number of benzene rings is 2. The molecule has 1 aliphatic rings. The average molecular weight is 523 g/mol. The summed E-state index contributed by atoms with van der Waals surface area (Å²) in [4.78, 5) is 27.6. The van der Waals surface area contributed by atoms with Crippen molar-refractivity contribution in [1.29, 1.82) is 5.26 Å². The topological polar surface area (TPSA) is 88.2 Å². The van der Waals surface area contributed by atoms with Crippen molar-refractivity contribution in [3.05, 3.63) is 82.6 Å². The van der Waals surface area contributed by atoms with E-state index in [1.54, 1.807) is 17.7 Å². The van der Waals surface area contributed by atoms with E-state index in [-0.39, 0.29) is 18.0 Å². The highest BCUT2D eigenvalue weighted by molar-refractivity contribution is 6.19. The Kier molecular flexibility index (Phi) is 8.15. The van der Waals surface area contributed by atoms with Gasteiger partial charge in [0.1, 0.15) is 17.4 Å². The van der Waals surface area contributed by atoms with Crippen LogP contribution in [0.3, 0.4) is 0 Å². The Morgan fingerprint density at radius 3 is 2.33 bits per heavy atom. The molecular weight excluding hydrogens is 488 g/mol. The minimum Gasteiger partial charge on any atom is -0.493 e. The number of hydrogen-bond donors (Lipinski definition) is 0. The van der Waals surface area contributed by atoms with Gasteiger partial charge in [0.05, 0.1) is 18.0 Å². The average Bonchev–Trinajstić information content (AvgIpc) is 3.33. The third-order valence-electron chi connectivity index (χ3n) is 6.46. The monoisotopic (exact) mass is 522 g/mol. The van der Waals surface area contributed by atoms with E-state index in [0.717, 1.165) is 22.6 Å². The first-order valence-electron chi connectivity index (χ1n) is 13.2. The van der Waals surface area contributed by atoms with Crippen LogP contribution in [0.25, 0.3) is 23.0 Å². The number of aryl methyl sites for hydroxylation is 1. The number of aromatic nitrogens is 2. The molecule has 7 nitrogen and oxygen atoms in total. The normalized spacial score (nSPS) is 15.1. The lowest BCUT2D eigenvalue weighted by Gasteiger charge is -2.28. The Hall–Kier alpha value is -4.44. The Bertz CT molecular complexity index is 1500. The van der Waals surface area contributed by atoms with Crippen molar-refractivity contribution >= 4 is 17.9 Å². The maximum Gasteiger partial charge on any atom is 0.271 e. The number of hydrogen-bond acceptors (Lipinski definition) is 5. The first-order chi connectivity index (χ1) is 18.6. The van der Waals surface area contributed by atoms with E-state index >= 15 is 0 Å². The van der Waals surface area contributed by atoms with Crippen molar-refractivity contribution in [1.82, 2.24) is 14.7 Å². The molecule has 2 aromatic carbocycles. The molecule has 0 aliphatic carbocycles. The van der Waals surface area contributed by atoms with Gasteiger partial charge in [-0.1, -0.05) is 45.9 Å². The third-order valence-corrected chi connectivity index (χ3v) is 6.46. The quantitative estimate of drug-likeness (QED) is 0.262. The van der Waals surface area contributed by atoms with E-state index in [1.807, 2.05) is 81.6 Å². The number of nitrogens with zero attached hydrogens (tertiary/aromatic N) is 4. The lowest BCUT2D eigenvalue weighted by Crippen LogP contribution is -2.44. The molecule has 0 fully saturated rings. The van der Waals surface area contributed by atoms with Crippen LogP contribution in [0, 0.1) is 30.1 Å². The highest BCUT2D eigenvalue weighted by atomic mass is 16.5. The zero-order chi connectivity index (χ0) is 28.3. The largest absolute Gasteiger partial charge is 0.493 e. The van der Waals surface area contributed by atoms with Gasteiger partial charge in [-0.3, -0.25) is 14.5 Å². The summed E-state index contributed by atoms with van der Waals surface area (Å²) in [6.07, 6.45) is 3.61. The number of nitriles is 1. The van der Waals surface area contributed by atoms with Gasteiger partial charge in [0.25, 0.3) is 11.8 Å². The van der Waals surface area contributed by atoms with Gasteiger partial charge in [-0.05, 0) is 73.2 Å². The van der Waals surface area contributed by atoms with Crippen LogP contribution in [0.15, 0.2) is 71.4 Å². The van der Waals surface area contributed by atoms with Crippen LogP contribution in [0.5, 0.6) is 5.75 Å². The molecule has 0 radical (unpaired) electrons. The fourth-order valence-electron chi connectivity index (χ4n) is 4.46. The summed E-state index contributed by atoms with van der Waals surface area (Å²) in [7, 11) is 0. The molecule has 2 heterocycles. The smallest absolute Gasteiger partial charge is 0.271 e. The standard InChI is InChI=1S/C32H34N4O3/c1-20(2)17-35-31(37)27(23(6)28(16-33)32(35)38)15-25-18-36(26-10-8-7-9-11-26)34-30(25)24-12-13-29(22(5)14-24)39-19-21(3)4/h7-15,18,20-21H,17,19H2,1-6H3/b27-15+. The molecule has 4 rings (SSSR count). The molecule has 1 aromatic heterocycles. The number of para-hydroxylation sites is 1. The van der Waals surface area contributed by atoms with Crippen molar-refractivity contribution in [3.8, 4) is 28.8 Å². The number of rotatable bonds is 8. The maximum atomic E-state index is 13.5. The lowest BCUT2D eigenvalue weighted by atomic mass is 9.92. The molecule has 0 unspecified atom stereocenters. The number of ether oxygens (including phenoxy) is 1. The van der Waals surface area contributed by atoms with E-state index in [0.29, 0.717) is 34.9 Å². The molecule has 0 bridgehead atoms. The van der Waals surface area contributed by atoms with Crippen molar-refractivity contribution < 1.29 is 14.3 Å². The minimum absolute atomic E-state index is 0.0130. The van der Waals surface area contributed by atoms with Gasteiger partial charge >= 0.3 is 0 Å². The van der Waals surface area contributed by atoms with Gasteiger partial charge in [-0.25, -0.2) is 4.68 Å². The Morgan fingerprint density at radius 2 is 1.72 bits per heavy atom. The van der Waals surface area contributed by atoms with Crippen LogP contribution in [-0.4, -0.2) is 39.6 Å². The molecule has 0 atom stereocenters. The van der Waals surface area contributed by atoms with Crippen LogP contribution < -0.4 is 4.74 Å². The first kappa shape index (κ1) is 27.6. The van der Waals surface area contributed by atoms with Gasteiger partial charge in [0.2, 0.25) is 0 Å². The van der Waals surface area contributed by atoms with Gasteiger partial charge in [-0.2, -0.15) is 10.4 Å². The highest BCUT2D eigenvalue weighted by Crippen LogP contribution is 2.33. The molecule has 39 heavy (non-hydrogen) atoms. The van der Waals surface area contributed by atoms with Gasteiger partial charge < -0.3 is 4.74 Å². The third kappa shape index (κ3) is 5.85. The first-order valence-corrected chi connectivity index (χ1v) is 13.2. The van der Waals surface area contributed by atoms with E-state index in [4.69, 9.17) is 9.84 Å². The minimum atomic E-state index is -0.543. The SMILES string of the molecule is CC1=C(C#N)C(=O)N(CC(C)C)C(=O)/C1=C/c1cn(-c2ccccc2)nc1-c1ccc(OCC(C)C)c(C)c1. The summed E-state index contributed by atoms with van der Waals surface area (Å²) >= 11 is 0. The number of carbonyl (C=O) groups excluding carboxylic acids is 2. The molecule has 3 aromatic rings. The van der Waals surface area contributed by atoms with Gasteiger partial charge in [0, 0.05) is 29.4 Å². The summed E-state index contributed by atoms with van der Waals surface area (Å²) in [5.74, 6) is 0.343. The van der Waals surface area contributed by atoms with Crippen LogP contribution in [0.1, 0.15) is 45.7 Å². The molecule has 0 saturated carbocycles. The Balaban J connectivity index is 1.87. The predicted octanol–water partition coefficient (Wildman–Crippen LogP) is 6.13. The molecule has 0 N–H and O–H groups in total. The van der Waals surface area contributed by atoms with Gasteiger partial charge in [-0.15, -0.1) is 0 Å². The van der Waals surface area contributed by atoms with Crippen LogP contribution >= 0.6 is 0 Å². The lowest BCUT2D eigenvalue weighted by molar-refractivity contribution is -0.141. The second kappa shape index (κ2) is 11.5. The van der Waals surface area contributed by atoms with Crippen LogP contribution in [0.4, 0.5) is 0 Å². The van der Waals surface area contributed by atoms with E-state index in [9.17, 15) is 14.9 Å². The summed E-state index contributed by atoms with van der Waals surface area (Å²) in [6.45, 7) is 12.6. The van der Waals surface area contributed by atoms with Crippen LogP contribution in [0.2, 0.25) is 0 Å². The summed E-state index contributed by atoms with van der Waals surface area (Å²) in [5.41, 5.74) is 4.77. The molecule has 1 aliphatic heterocycles. The van der Waals surface area contributed by atoms with Crippen molar-refractivity contribution in [2.75, 3.05) is 13.2 Å². The summed E-state index contributed by atoms with van der Waals surface area (Å²) in [5, 5.41) is 14.6. The Labute approximate surface area is 230 Å². The number of amides is 2. The Morgan fingerprint density at radius 1 is 1.00 bits per heavy atom. The number of carbonyl (C=O) groups is 2. The van der Waals surface area contributed by atoms with Gasteiger partial charge in [0.15, 0.2) is 0 Å². The summed E-state index contributed by atoms with van der Waals surface area (Å²) < 4.78 is 7.74. The molecule has 0 saturated heterocycles. The van der Waals surface area contributed by atoms with E-state index in [2.05, 4.69) is 13.8 Å². The fourth-order valence-corrected chi connectivity index (χ4v) is 4.46. The van der Waals surface area contributed by atoms with Crippen molar-refractivity contribution in [3.63, 3.8) is 0 Å². The molecule has 0 spiro atoms. The zero-order valence-electron chi connectivity index (χ0n) is 23.4. The predicted molar refractivity (Wildman–Crippen MR) is 152 cm³/mol. The fraction of sp³-hybridized carbons (Fsp3) is 0.312. The maximum absolute atomic E-state index is 13.5. The molecule has 7 heteroatoms. The van der Waals surface area contributed by atoms with Crippen molar-refractivity contribution in [2.45, 2.75) is 41.5 Å². The van der Waals surface area contributed by atoms with E-state index < -0.39 is 11.8 Å². The van der Waals surface area contributed by atoms with E-state index in [1.165, 1.54) is 4.90 Å². The number of imide groups is 1. The van der Waals surface area contributed by atoms with Crippen LogP contribution in [-0.2, 0) is 9.59 Å². The zero-order valence-corrected chi connectivity index (χ0v) is 23.4. The molecule has 200 valence electrons. The molecule has 2 amide bonds. The highest BCUT2D eigenvalue weighted by Gasteiger charge is 2.36. The molecular formula is C32H34N4O3. The second-order valence-electron chi connectivity index (χ2n) is 10.7.